The minimum absolute atomic E-state index is 0.0257. The summed E-state index contributed by atoms with van der Waals surface area (Å²) >= 11 is 7.61. The first-order chi connectivity index (χ1) is 24.7. The Morgan fingerprint density at radius 1 is 0.745 bits per heavy atom. The highest BCUT2D eigenvalue weighted by Crippen LogP contribution is 2.39. The number of carbonyl (C=O) groups excluding carboxylic acids is 3. The number of amides is 3. The molecule has 0 bridgehead atoms. The average molecular weight is 722 g/mol. The van der Waals surface area contributed by atoms with Gasteiger partial charge in [-0.25, -0.2) is 0 Å². The van der Waals surface area contributed by atoms with E-state index in [2.05, 4.69) is 16.0 Å². The van der Waals surface area contributed by atoms with Crippen molar-refractivity contribution in [2.75, 3.05) is 32.0 Å². The molecule has 9 nitrogen and oxygen atoms in total. The molecule has 3 amide bonds. The number of benzene rings is 5. The lowest BCUT2D eigenvalue weighted by Crippen LogP contribution is -2.30. The number of carbonyl (C=O) groups is 3. The van der Waals surface area contributed by atoms with Crippen LogP contribution in [0, 0.1) is 6.92 Å². The summed E-state index contributed by atoms with van der Waals surface area (Å²) in [6, 6.07) is 33.7. The normalized spacial score (nSPS) is 11.6. The minimum Gasteiger partial charge on any atom is -0.497 e. The van der Waals surface area contributed by atoms with Gasteiger partial charge in [0.25, 0.3) is 11.8 Å². The third kappa shape index (κ3) is 9.50. The zero-order chi connectivity index (χ0) is 36.3. The Bertz CT molecular complexity index is 2060. The second kappa shape index (κ2) is 17.3. The van der Waals surface area contributed by atoms with E-state index < -0.39 is 17.1 Å². The van der Waals surface area contributed by atoms with Crippen LogP contribution in [-0.2, 0) is 9.59 Å². The van der Waals surface area contributed by atoms with Crippen LogP contribution in [0.5, 0.6) is 17.2 Å². The molecule has 5 rings (SSSR count). The molecule has 260 valence electrons. The molecule has 0 saturated carbocycles. The van der Waals surface area contributed by atoms with E-state index in [1.807, 2.05) is 43.3 Å². The fourth-order valence-corrected chi connectivity index (χ4v) is 6.30. The topological polar surface area (TPSA) is 115 Å². The Kier molecular flexibility index (Phi) is 12.4. The summed E-state index contributed by atoms with van der Waals surface area (Å²) in [5.41, 5.74) is 3.38. The standard InChI is InChI=1S/C40H36ClN3O6S/c1-25-20-33(36(50-4)24-32(25)41)43-40(47)37(26-12-7-5-8-13-26)51-31-17-11-16-29(23-31)42-39(46)34(44-38(45)27-14-9-6-10-15-27)22-28-21-30(48-2)18-19-35(28)49-3/h5-24,37H,1-4H3,(H,42,46)(H,43,47)(H,44,45)/b34-22+. The van der Waals surface area contributed by atoms with Gasteiger partial charge in [0.1, 0.15) is 28.2 Å². The van der Waals surface area contributed by atoms with E-state index in [-0.39, 0.29) is 11.6 Å². The van der Waals surface area contributed by atoms with Gasteiger partial charge in [-0.15, -0.1) is 11.8 Å². The SMILES string of the molecule is COc1ccc(OC)c(/C=C(/NC(=O)c2ccccc2)C(=O)Nc2cccc(SC(C(=O)Nc3cc(C)c(Cl)cc3OC)c3ccccc3)c2)c1. The number of ether oxygens (including phenoxy) is 3. The molecule has 0 fully saturated rings. The van der Waals surface area contributed by atoms with Gasteiger partial charge in [-0.3, -0.25) is 14.4 Å². The van der Waals surface area contributed by atoms with Crippen LogP contribution in [0.15, 0.2) is 126 Å². The van der Waals surface area contributed by atoms with E-state index >= 15 is 0 Å². The average Bonchev–Trinajstić information content (AvgIpc) is 3.15. The minimum atomic E-state index is -0.668. The predicted octanol–water partition coefficient (Wildman–Crippen LogP) is 8.56. The van der Waals surface area contributed by atoms with Gasteiger partial charge in [-0.2, -0.15) is 0 Å². The van der Waals surface area contributed by atoms with Gasteiger partial charge in [0, 0.05) is 32.8 Å². The molecule has 0 aliphatic rings. The van der Waals surface area contributed by atoms with Crippen molar-refractivity contribution in [2.24, 2.45) is 0 Å². The molecule has 5 aromatic carbocycles. The van der Waals surface area contributed by atoms with Gasteiger partial charge in [0.2, 0.25) is 5.91 Å². The molecular weight excluding hydrogens is 686 g/mol. The van der Waals surface area contributed by atoms with E-state index in [4.69, 9.17) is 25.8 Å². The van der Waals surface area contributed by atoms with Crippen LogP contribution in [-0.4, -0.2) is 39.1 Å². The number of methoxy groups -OCH3 is 3. The molecule has 3 N–H and O–H groups in total. The number of rotatable bonds is 13. The van der Waals surface area contributed by atoms with Crippen molar-refractivity contribution < 1.29 is 28.6 Å². The Balaban J connectivity index is 1.43. The molecule has 5 aromatic rings. The second-order valence-corrected chi connectivity index (χ2v) is 12.8. The summed E-state index contributed by atoms with van der Waals surface area (Å²) in [6.45, 7) is 1.85. The number of anilines is 2. The third-order valence-electron chi connectivity index (χ3n) is 7.69. The zero-order valence-electron chi connectivity index (χ0n) is 28.4. The van der Waals surface area contributed by atoms with Gasteiger partial charge in [0.15, 0.2) is 0 Å². The lowest BCUT2D eigenvalue weighted by Gasteiger charge is -2.19. The van der Waals surface area contributed by atoms with Crippen molar-refractivity contribution in [1.29, 1.82) is 0 Å². The van der Waals surface area contributed by atoms with Crippen LogP contribution in [0.2, 0.25) is 5.02 Å². The molecule has 1 atom stereocenters. The molecule has 0 heterocycles. The van der Waals surface area contributed by atoms with E-state index in [0.717, 1.165) is 11.1 Å². The highest BCUT2D eigenvalue weighted by atomic mass is 35.5. The summed E-state index contributed by atoms with van der Waals surface area (Å²) in [5, 5.41) is 8.51. The number of halogens is 1. The fourth-order valence-electron chi connectivity index (χ4n) is 5.06. The summed E-state index contributed by atoms with van der Waals surface area (Å²) < 4.78 is 16.4. The Hall–Kier alpha value is -5.71. The van der Waals surface area contributed by atoms with Crippen LogP contribution in [0.4, 0.5) is 11.4 Å². The first-order valence-electron chi connectivity index (χ1n) is 15.8. The van der Waals surface area contributed by atoms with Crippen LogP contribution in [0.3, 0.4) is 0 Å². The first kappa shape index (κ1) is 36.6. The maximum atomic E-state index is 13.9. The van der Waals surface area contributed by atoms with Gasteiger partial charge in [0.05, 0.1) is 27.0 Å². The molecule has 0 spiro atoms. The number of thioether (sulfide) groups is 1. The van der Waals surface area contributed by atoms with Crippen molar-refractivity contribution in [3.63, 3.8) is 0 Å². The molecule has 1 unspecified atom stereocenters. The highest BCUT2D eigenvalue weighted by molar-refractivity contribution is 8.00. The van der Waals surface area contributed by atoms with Crippen molar-refractivity contribution in [1.82, 2.24) is 5.32 Å². The summed E-state index contributed by atoms with van der Waals surface area (Å²) in [5.74, 6) is 0.144. The monoisotopic (exact) mass is 721 g/mol. The number of hydrogen-bond acceptors (Lipinski definition) is 7. The molecule has 0 saturated heterocycles. The van der Waals surface area contributed by atoms with E-state index in [1.54, 1.807) is 78.9 Å². The smallest absolute Gasteiger partial charge is 0.272 e. The fraction of sp³-hybridized carbons (Fsp3) is 0.125. The van der Waals surface area contributed by atoms with Gasteiger partial charge < -0.3 is 30.2 Å². The lowest BCUT2D eigenvalue weighted by atomic mass is 10.1. The summed E-state index contributed by atoms with van der Waals surface area (Å²) in [4.78, 5) is 41.7. The van der Waals surface area contributed by atoms with Crippen LogP contribution in [0.1, 0.15) is 32.3 Å². The van der Waals surface area contributed by atoms with Crippen molar-refractivity contribution in [3.05, 3.63) is 148 Å². The maximum Gasteiger partial charge on any atom is 0.272 e. The molecule has 0 radical (unpaired) electrons. The number of aryl methyl sites for hydroxylation is 1. The van der Waals surface area contributed by atoms with Crippen molar-refractivity contribution >= 4 is 58.5 Å². The molecule has 11 heteroatoms. The maximum absolute atomic E-state index is 13.9. The lowest BCUT2D eigenvalue weighted by molar-refractivity contribution is -0.116. The largest absolute Gasteiger partial charge is 0.497 e. The first-order valence-corrected chi connectivity index (χ1v) is 17.0. The molecular formula is C40H36ClN3O6S. The molecule has 0 aromatic heterocycles. The van der Waals surface area contributed by atoms with Crippen LogP contribution < -0.4 is 30.2 Å². The number of nitrogens with one attached hydrogen (secondary N) is 3. The van der Waals surface area contributed by atoms with E-state index in [1.165, 1.54) is 39.2 Å². The molecule has 51 heavy (non-hydrogen) atoms. The Labute approximate surface area is 306 Å². The zero-order valence-corrected chi connectivity index (χ0v) is 29.9. The molecule has 0 aliphatic carbocycles. The predicted molar refractivity (Wildman–Crippen MR) is 203 cm³/mol. The Morgan fingerprint density at radius 3 is 2.14 bits per heavy atom. The van der Waals surface area contributed by atoms with Crippen LogP contribution in [0.25, 0.3) is 6.08 Å². The van der Waals surface area contributed by atoms with Gasteiger partial charge in [-0.1, -0.05) is 66.2 Å². The van der Waals surface area contributed by atoms with Gasteiger partial charge >= 0.3 is 0 Å². The van der Waals surface area contributed by atoms with E-state index in [9.17, 15) is 14.4 Å². The highest BCUT2D eigenvalue weighted by Gasteiger charge is 2.24. The number of hydrogen-bond donors (Lipinski definition) is 3. The van der Waals surface area contributed by atoms with Gasteiger partial charge in [-0.05, 0) is 78.7 Å². The second-order valence-electron chi connectivity index (χ2n) is 11.2. The van der Waals surface area contributed by atoms with Crippen LogP contribution >= 0.6 is 23.4 Å². The quantitative estimate of drug-likeness (QED) is 0.0825. The van der Waals surface area contributed by atoms with Crippen molar-refractivity contribution in [2.45, 2.75) is 17.1 Å². The third-order valence-corrected chi connectivity index (χ3v) is 9.35. The Morgan fingerprint density at radius 2 is 1.45 bits per heavy atom. The van der Waals surface area contributed by atoms with E-state index in [0.29, 0.717) is 49.7 Å². The summed E-state index contributed by atoms with van der Waals surface area (Å²) in [6.07, 6.45) is 1.53. The molecule has 0 aliphatic heterocycles. The summed E-state index contributed by atoms with van der Waals surface area (Å²) in [7, 11) is 4.56. The van der Waals surface area contributed by atoms with Crippen molar-refractivity contribution in [3.8, 4) is 17.2 Å².